The van der Waals surface area contributed by atoms with Gasteiger partial charge in [-0.2, -0.15) is 0 Å². The van der Waals surface area contributed by atoms with Gasteiger partial charge < -0.3 is 4.74 Å². The second kappa shape index (κ2) is 4.64. The minimum absolute atomic E-state index is 0.212. The first-order valence-electron chi connectivity index (χ1n) is 5.49. The van der Waals surface area contributed by atoms with Crippen molar-refractivity contribution in [1.82, 2.24) is 4.98 Å². The average molecular weight is 221 g/mol. The van der Waals surface area contributed by atoms with Gasteiger partial charge in [0, 0.05) is 6.20 Å². The first-order chi connectivity index (χ1) is 7.31. The summed E-state index contributed by atoms with van der Waals surface area (Å²) in [6.07, 6.45) is 1.70. The van der Waals surface area contributed by atoms with Crippen LogP contribution in [-0.2, 0) is 4.74 Å². The standard InChI is InChI=1S/C13H19NO2/c1-9(2)11-10(7-6-8-14-11)12(15)16-13(3,4)5/h6-9H,1-5H3. The Balaban J connectivity index is 3.00. The van der Waals surface area contributed by atoms with E-state index < -0.39 is 5.60 Å². The van der Waals surface area contributed by atoms with E-state index in [0.29, 0.717) is 5.56 Å². The molecule has 0 aliphatic heterocycles. The molecule has 0 aliphatic rings. The summed E-state index contributed by atoms with van der Waals surface area (Å²) >= 11 is 0. The third-order valence-electron chi connectivity index (χ3n) is 2.00. The Morgan fingerprint density at radius 1 is 1.38 bits per heavy atom. The zero-order chi connectivity index (χ0) is 12.3. The summed E-state index contributed by atoms with van der Waals surface area (Å²) < 4.78 is 5.34. The van der Waals surface area contributed by atoms with Crippen molar-refractivity contribution in [1.29, 1.82) is 0 Å². The molecule has 0 saturated heterocycles. The Labute approximate surface area is 96.8 Å². The number of nitrogens with zero attached hydrogens (tertiary/aromatic N) is 1. The number of carbonyl (C=O) groups is 1. The molecule has 0 radical (unpaired) electrons. The summed E-state index contributed by atoms with van der Waals surface area (Å²) in [4.78, 5) is 16.2. The number of aromatic nitrogens is 1. The topological polar surface area (TPSA) is 39.2 Å². The van der Waals surface area contributed by atoms with Gasteiger partial charge >= 0.3 is 5.97 Å². The fourth-order valence-electron chi connectivity index (χ4n) is 1.38. The summed E-state index contributed by atoms with van der Waals surface area (Å²) in [5.41, 5.74) is 0.880. The van der Waals surface area contributed by atoms with Crippen LogP contribution >= 0.6 is 0 Å². The highest BCUT2D eigenvalue weighted by Crippen LogP contribution is 2.19. The lowest BCUT2D eigenvalue weighted by Gasteiger charge is -2.20. The first-order valence-corrected chi connectivity index (χ1v) is 5.49. The van der Waals surface area contributed by atoms with E-state index in [9.17, 15) is 4.79 Å². The highest BCUT2D eigenvalue weighted by Gasteiger charge is 2.21. The van der Waals surface area contributed by atoms with Crippen LogP contribution in [0.2, 0.25) is 0 Å². The van der Waals surface area contributed by atoms with Crippen molar-refractivity contribution in [2.45, 2.75) is 46.1 Å². The molecule has 0 unspecified atom stereocenters. The number of pyridine rings is 1. The second-order valence-electron chi connectivity index (χ2n) is 5.09. The van der Waals surface area contributed by atoms with Gasteiger partial charge in [0.1, 0.15) is 5.60 Å². The van der Waals surface area contributed by atoms with Gasteiger partial charge in [0.15, 0.2) is 0 Å². The van der Waals surface area contributed by atoms with Crippen LogP contribution in [0.3, 0.4) is 0 Å². The van der Waals surface area contributed by atoms with Crippen LogP contribution in [0.1, 0.15) is 56.6 Å². The van der Waals surface area contributed by atoms with Crippen molar-refractivity contribution >= 4 is 5.97 Å². The molecular weight excluding hydrogens is 202 g/mol. The van der Waals surface area contributed by atoms with E-state index in [1.807, 2.05) is 34.6 Å². The van der Waals surface area contributed by atoms with Crippen molar-refractivity contribution in [3.05, 3.63) is 29.6 Å². The quantitative estimate of drug-likeness (QED) is 0.720. The van der Waals surface area contributed by atoms with E-state index in [-0.39, 0.29) is 11.9 Å². The highest BCUT2D eigenvalue weighted by atomic mass is 16.6. The number of rotatable bonds is 2. The first kappa shape index (κ1) is 12.7. The van der Waals surface area contributed by atoms with Crippen LogP contribution in [0.25, 0.3) is 0 Å². The molecule has 1 aromatic heterocycles. The van der Waals surface area contributed by atoms with Crippen molar-refractivity contribution in [3.8, 4) is 0 Å². The van der Waals surface area contributed by atoms with Gasteiger partial charge in [-0.1, -0.05) is 13.8 Å². The maximum atomic E-state index is 11.9. The zero-order valence-corrected chi connectivity index (χ0v) is 10.6. The molecule has 16 heavy (non-hydrogen) atoms. The Hall–Kier alpha value is -1.38. The van der Waals surface area contributed by atoms with E-state index >= 15 is 0 Å². The van der Waals surface area contributed by atoms with Crippen LogP contribution < -0.4 is 0 Å². The molecular formula is C13H19NO2. The van der Waals surface area contributed by atoms with Gasteiger partial charge in [0.05, 0.1) is 11.3 Å². The Kier molecular flexibility index (Phi) is 3.68. The summed E-state index contributed by atoms with van der Waals surface area (Å²) in [6.45, 7) is 9.59. The molecule has 0 spiro atoms. The van der Waals surface area contributed by atoms with E-state index in [4.69, 9.17) is 4.74 Å². The van der Waals surface area contributed by atoms with Crippen molar-refractivity contribution in [2.75, 3.05) is 0 Å². The normalized spacial score (nSPS) is 11.6. The summed E-state index contributed by atoms with van der Waals surface area (Å²) in [6, 6.07) is 3.52. The number of carbonyl (C=O) groups excluding carboxylic acids is 1. The van der Waals surface area contributed by atoms with Gasteiger partial charge in [-0.25, -0.2) is 4.79 Å². The SMILES string of the molecule is CC(C)c1ncccc1C(=O)OC(C)(C)C. The molecule has 0 amide bonds. The molecule has 0 bridgehead atoms. The monoisotopic (exact) mass is 221 g/mol. The molecule has 0 saturated carbocycles. The van der Waals surface area contributed by atoms with E-state index in [1.54, 1.807) is 18.3 Å². The van der Waals surface area contributed by atoms with Crippen LogP contribution in [-0.4, -0.2) is 16.6 Å². The third kappa shape index (κ3) is 3.33. The Morgan fingerprint density at radius 2 is 2.00 bits per heavy atom. The van der Waals surface area contributed by atoms with E-state index in [0.717, 1.165) is 5.69 Å². The maximum absolute atomic E-state index is 11.9. The van der Waals surface area contributed by atoms with Crippen molar-refractivity contribution in [3.63, 3.8) is 0 Å². The molecule has 1 rings (SSSR count). The van der Waals surface area contributed by atoms with Gasteiger partial charge in [-0.3, -0.25) is 4.98 Å². The highest BCUT2D eigenvalue weighted by molar-refractivity contribution is 5.91. The molecule has 3 heteroatoms. The average Bonchev–Trinajstić information content (AvgIpc) is 2.15. The number of esters is 1. The fourth-order valence-corrected chi connectivity index (χ4v) is 1.38. The largest absolute Gasteiger partial charge is 0.456 e. The summed E-state index contributed by atoms with van der Waals surface area (Å²) in [7, 11) is 0. The lowest BCUT2D eigenvalue weighted by molar-refractivity contribution is 0.00673. The fraction of sp³-hybridized carbons (Fsp3) is 0.538. The van der Waals surface area contributed by atoms with Crippen LogP contribution in [0.15, 0.2) is 18.3 Å². The van der Waals surface area contributed by atoms with Crippen LogP contribution in [0.4, 0.5) is 0 Å². The molecule has 0 atom stereocenters. The van der Waals surface area contributed by atoms with E-state index in [1.165, 1.54) is 0 Å². The zero-order valence-electron chi connectivity index (χ0n) is 10.6. The van der Waals surface area contributed by atoms with Crippen molar-refractivity contribution in [2.24, 2.45) is 0 Å². The molecule has 1 heterocycles. The second-order valence-corrected chi connectivity index (χ2v) is 5.09. The molecule has 88 valence electrons. The van der Waals surface area contributed by atoms with Gasteiger partial charge in [-0.05, 0) is 38.8 Å². The lowest BCUT2D eigenvalue weighted by atomic mass is 10.0. The molecule has 0 fully saturated rings. The maximum Gasteiger partial charge on any atom is 0.340 e. The minimum atomic E-state index is -0.471. The smallest absolute Gasteiger partial charge is 0.340 e. The minimum Gasteiger partial charge on any atom is -0.456 e. The summed E-state index contributed by atoms with van der Waals surface area (Å²) in [5.74, 6) is -0.0898. The molecule has 1 aromatic rings. The molecule has 0 N–H and O–H groups in total. The predicted octanol–water partition coefficient (Wildman–Crippen LogP) is 3.16. The van der Waals surface area contributed by atoms with E-state index in [2.05, 4.69) is 4.98 Å². The third-order valence-corrected chi connectivity index (χ3v) is 2.00. The van der Waals surface area contributed by atoms with Gasteiger partial charge in [-0.15, -0.1) is 0 Å². The lowest BCUT2D eigenvalue weighted by Crippen LogP contribution is -2.25. The Bertz CT molecular complexity index is 378. The Morgan fingerprint density at radius 3 is 2.50 bits per heavy atom. The number of hydrogen-bond acceptors (Lipinski definition) is 3. The van der Waals surface area contributed by atoms with Crippen molar-refractivity contribution < 1.29 is 9.53 Å². The molecule has 3 nitrogen and oxygen atoms in total. The number of ether oxygens (including phenoxy) is 1. The van der Waals surface area contributed by atoms with Gasteiger partial charge in [0.25, 0.3) is 0 Å². The van der Waals surface area contributed by atoms with Gasteiger partial charge in [0.2, 0.25) is 0 Å². The van der Waals surface area contributed by atoms with Crippen LogP contribution in [0, 0.1) is 0 Å². The molecule has 0 aliphatic carbocycles. The predicted molar refractivity (Wildman–Crippen MR) is 63.5 cm³/mol. The van der Waals surface area contributed by atoms with Crippen LogP contribution in [0.5, 0.6) is 0 Å². The molecule has 0 aromatic carbocycles. The number of hydrogen-bond donors (Lipinski definition) is 0. The summed E-state index contributed by atoms with van der Waals surface area (Å²) in [5, 5.41) is 0.